The molecule has 1 N–H and O–H groups in total. The molecule has 0 amide bonds. The largest absolute Gasteiger partial charge is 0.480 e. The molecule has 0 saturated carbocycles. The van der Waals surface area contributed by atoms with Crippen LogP contribution in [0.4, 0.5) is 0 Å². The Bertz CT molecular complexity index is 1650. The SMILES string of the molecule is CC(Sc1cccc(-n2cnc3c(=O)n(-c4ccc(Cl)cc4)c(-c4ccc(Br)cc4)nc32)c1)C(=O)O. The summed E-state index contributed by atoms with van der Waals surface area (Å²) in [5, 5.41) is 9.22. The van der Waals surface area contributed by atoms with Gasteiger partial charge < -0.3 is 5.11 Å². The van der Waals surface area contributed by atoms with Gasteiger partial charge in [-0.2, -0.15) is 0 Å². The van der Waals surface area contributed by atoms with Gasteiger partial charge in [-0.15, -0.1) is 11.8 Å². The van der Waals surface area contributed by atoms with Crippen LogP contribution in [-0.4, -0.2) is 35.4 Å². The molecule has 0 aliphatic heterocycles. The predicted molar refractivity (Wildman–Crippen MR) is 146 cm³/mol. The third-order valence-corrected chi connectivity index (χ3v) is 7.38. The van der Waals surface area contributed by atoms with E-state index in [2.05, 4.69) is 20.9 Å². The van der Waals surface area contributed by atoms with Crippen LogP contribution in [0.3, 0.4) is 0 Å². The average molecular weight is 582 g/mol. The Morgan fingerprint density at radius 3 is 2.47 bits per heavy atom. The maximum atomic E-state index is 13.7. The van der Waals surface area contributed by atoms with Crippen LogP contribution in [0.25, 0.3) is 33.9 Å². The molecule has 10 heteroatoms. The van der Waals surface area contributed by atoms with E-state index in [1.54, 1.807) is 42.1 Å². The van der Waals surface area contributed by atoms with Crippen LogP contribution in [0.2, 0.25) is 5.02 Å². The molecule has 5 aromatic rings. The molecule has 0 fully saturated rings. The summed E-state index contributed by atoms with van der Waals surface area (Å²) in [5.74, 6) is -0.434. The number of carbonyl (C=O) groups is 1. The number of rotatable bonds is 6. The maximum Gasteiger partial charge on any atom is 0.316 e. The first kappa shape index (κ1) is 24.3. The summed E-state index contributed by atoms with van der Waals surface area (Å²) >= 11 is 10.8. The zero-order valence-electron chi connectivity index (χ0n) is 18.8. The molecule has 1 atom stereocenters. The molecular weight excluding hydrogens is 564 g/mol. The Morgan fingerprint density at radius 1 is 1.06 bits per heavy atom. The van der Waals surface area contributed by atoms with E-state index < -0.39 is 11.2 Å². The predicted octanol–water partition coefficient (Wildman–Crippen LogP) is 6.22. The highest BCUT2D eigenvalue weighted by Gasteiger charge is 2.19. The highest BCUT2D eigenvalue weighted by molar-refractivity contribution is 9.10. The van der Waals surface area contributed by atoms with E-state index in [-0.39, 0.29) is 11.1 Å². The van der Waals surface area contributed by atoms with Gasteiger partial charge in [0.2, 0.25) is 0 Å². The van der Waals surface area contributed by atoms with Crippen molar-refractivity contribution in [1.29, 1.82) is 0 Å². The van der Waals surface area contributed by atoms with Crippen LogP contribution in [0.1, 0.15) is 6.92 Å². The van der Waals surface area contributed by atoms with Crippen LogP contribution in [0, 0.1) is 0 Å². The molecule has 0 radical (unpaired) electrons. The lowest BCUT2D eigenvalue weighted by atomic mass is 10.2. The van der Waals surface area contributed by atoms with E-state index in [1.165, 1.54) is 16.3 Å². The van der Waals surface area contributed by atoms with E-state index in [4.69, 9.17) is 16.6 Å². The summed E-state index contributed by atoms with van der Waals surface area (Å²) in [6.45, 7) is 1.64. The molecule has 180 valence electrons. The van der Waals surface area contributed by atoms with Crippen LogP contribution >= 0.6 is 39.3 Å². The molecular formula is C26H18BrClN4O3S. The van der Waals surface area contributed by atoms with Gasteiger partial charge in [-0.3, -0.25) is 18.7 Å². The molecule has 36 heavy (non-hydrogen) atoms. The van der Waals surface area contributed by atoms with Crippen LogP contribution in [0.5, 0.6) is 0 Å². The van der Waals surface area contributed by atoms with Crippen molar-refractivity contribution in [3.8, 4) is 22.8 Å². The molecule has 7 nitrogen and oxygen atoms in total. The quantitative estimate of drug-likeness (QED) is 0.240. The third kappa shape index (κ3) is 4.69. The highest BCUT2D eigenvalue weighted by Crippen LogP contribution is 2.28. The van der Waals surface area contributed by atoms with Crippen molar-refractivity contribution in [2.75, 3.05) is 0 Å². The standard InChI is InChI=1S/C26H18BrClN4O3S/c1-15(26(34)35)36-21-4-2-3-20(13-21)31-14-29-22-24(31)30-23(16-5-7-17(27)8-6-16)32(25(22)33)19-11-9-18(28)10-12-19/h2-15H,1H3,(H,34,35). The molecule has 2 heterocycles. The van der Waals surface area contributed by atoms with Crippen LogP contribution in [-0.2, 0) is 4.79 Å². The van der Waals surface area contributed by atoms with Gasteiger partial charge in [0.15, 0.2) is 11.2 Å². The number of imidazole rings is 1. The summed E-state index contributed by atoms with van der Waals surface area (Å²) in [6, 6.07) is 21.9. The number of carboxylic acid groups (broad SMARTS) is 1. The molecule has 2 aromatic heterocycles. The zero-order valence-corrected chi connectivity index (χ0v) is 22.0. The van der Waals surface area contributed by atoms with Crippen molar-refractivity contribution in [2.45, 2.75) is 17.1 Å². The first-order valence-electron chi connectivity index (χ1n) is 10.8. The van der Waals surface area contributed by atoms with Gasteiger partial charge in [0.1, 0.15) is 17.4 Å². The number of hydrogen-bond donors (Lipinski definition) is 1. The number of thioether (sulfide) groups is 1. The molecule has 0 saturated heterocycles. The molecule has 3 aromatic carbocycles. The first-order valence-corrected chi connectivity index (χ1v) is 12.9. The van der Waals surface area contributed by atoms with Crippen LogP contribution < -0.4 is 5.56 Å². The Balaban J connectivity index is 1.72. The summed E-state index contributed by atoms with van der Waals surface area (Å²) in [5.41, 5.74) is 2.38. The molecule has 0 aliphatic carbocycles. The van der Waals surface area contributed by atoms with Crippen molar-refractivity contribution in [3.63, 3.8) is 0 Å². The third-order valence-electron chi connectivity index (χ3n) is 5.52. The Hall–Kier alpha value is -3.40. The number of fused-ring (bicyclic) bond motifs is 1. The maximum absolute atomic E-state index is 13.7. The monoisotopic (exact) mass is 580 g/mol. The van der Waals surface area contributed by atoms with Gasteiger partial charge in [-0.25, -0.2) is 9.97 Å². The second-order valence-corrected chi connectivity index (χ2v) is 10.7. The number of aliphatic carboxylic acids is 1. The van der Waals surface area contributed by atoms with E-state index >= 15 is 0 Å². The normalized spacial score (nSPS) is 12.1. The van der Waals surface area contributed by atoms with Gasteiger partial charge in [0.25, 0.3) is 5.56 Å². The number of benzene rings is 3. The van der Waals surface area contributed by atoms with Crippen molar-refractivity contribution in [3.05, 3.63) is 99.0 Å². The fraction of sp³-hybridized carbons (Fsp3) is 0.0769. The number of halogens is 2. The summed E-state index contributed by atoms with van der Waals surface area (Å²) < 4.78 is 4.17. The van der Waals surface area contributed by atoms with E-state index in [9.17, 15) is 14.7 Å². The number of aromatic nitrogens is 4. The Morgan fingerprint density at radius 2 is 1.78 bits per heavy atom. The number of nitrogens with zero attached hydrogens (tertiary/aromatic N) is 4. The van der Waals surface area contributed by atoms with Crippen molar-refractivity contribution < 1.29 is 9.90 Å². The van der Waals surface area contributed by atoms with Gasteiger partial charge in [-0.05, 0) is 61.5 Å². The second-order valence-electron chi connectivity index (χ2n) is 7.94. The topological polar surface area (TPSA) is 90.0 Å². The molecule has 5 rings (SSSR count). The zero-order chi connectivity index (χ0) is 25.4. The Labute approximate surface area is 223 Å². The van der Waals surface area contributed by atoms with Gasteiger partial charge >= 0.3 is 5.97 Å². The lowest BCUT2D eigenvalue weighted by molar-refractivity contribution is -0.136. The fourth-order valence-electron chi connectivity index (χ4n) is 3.72. The van der Waals surface area contributed by atoms with Crippen LogP contribution in [0.15, 0.2) is 93.3 Å². The highest BCUT2D eigenvalue weighted by atomic mass is 79.9. The minimum Gasteiger partial charge on any atom is -0.480 e. The summed E-state index contributed by atoms with van der Waals surface area (Å²) in [6.07, 6.45) is 1.56. The van der Waals surface area contributed by atoms with Crippen molar-refractivity contribution >= 4 is 56.4 Å². The molecule has 1 unspecified atom stereocenters. The fourth-order valence-corrected chi connectivity index (χ4v) is 4.97. The smallest absolute Gasteiger partial charge is 0.316 e. The molecule has 0 spiro atoms. The number of hydrogen-bond acceptors (Lipinski definition) is 5. The average Bonchev–Trinajstić information content (AvgIpc) is 3.30. The molecule has 0 bridgehead atoms. The van der Waals surface area contributed by atoms with Gasteiger partial charge in [0, 0.05) is 25.6 Å². The minimum atomic E-state index is -0.887. The lowest BCUT2D eigenvalue weighted by Crippen LogP contribution is -2.22. The van der Waals surface area contributed by atoms with Gasteiger partial charge in [-0.1, -0.05) is 45.7 Å². The minimum absolute atomic E-state index is 0.211. The molecule has 0 aliphatic rings. The number of carboxylic acids is 1. The lowest BCUT2D eigenvalue weighted by Gasteiger charge is -2.14. The summed E-state index contributed by atoms with van der Waals surface area (Å²) in [4.78, 5) is 35.1. The second kappa shape index (κ2) is 9.93. The Kier molecular flexibility index (Phi) is 6.70. The van der Waals surface area contributed by atoms with Crippen molar-refractivity contribution in [2.24, 2.45) is 0 Å². The van der Waals surface area contributed by atoms with Crippen molar-refractivity contribution in [1.82, 2.24) is 19.1 Å². The van der Waals surface area contributed by atoms with E-state index in [0.717, 1.165) is 20.6 Å². The first-order chi connectivity index (χ1) is 17.3. The van der Waals surface area contributed by atoms with E-state index in [1.807, 2.05) is 48.5 Å². The van der Waals surface area contributed by atoms with Gasteiger partial charge in [0.05, 0.1) is 5.69 Å². The summed E-state index contributed by atoms with van der Waals surface area (Å²) in [7, 11) is 0. The van der Waals surface area contributed by atoms with E-state index in [0.29, 0.717) is 22.2 Å².